The van der Waals surface area contributed by atoms with Gasteiger partial charge in [-0.2, -0.15) is 0 Å². The van der Waals surface area contributed by atoms with Crippen LogP contribution in [0.15, 0.2) is 42.6 Å². The number of carbonyl (C=O) groups excluding carboxylic acids is 2. The molecule has 1 aliphatic heterocycles. The van der Waals surface area contributed by atoms with Gasteiger partial charge in [0.05, 0.1) is 6.54 Å². The van der Waals surface area contributed by atoms with Crippen molar-refractivity contribution in [3.05, 3.63) is 58.7 Å². The van der Waals surface area contributed by atoms with Crippen LogP contribution >= 0.6 is 11.6 Å². The number of piperidine rings is 1. The van der Waals surface area contributed by atoms with Gasteiger partial charge in [0.1, 0.15) is 5.82 Å². The molecule has 0 unspecified atom stereocenters. The third kappa shape index (κ3) is 6.04. The number of likely N-dealkylation sites (tertiary alicyclic amines) is 1. The Kier molecular flexibility index (Phi) is 7.01. The first kappa shape index (κ1) is 20.3. The van der Waals surface area contributed by atoms with Gasteiger partial charge in [-0.05, 0) is 62.2 Å². The topological polar surface area (TPSA) is 74.3 Å². The van der Waals surface area contributed by atoms with E-state index >= 15 is 0 Å². The van der Waals surface area contributed by atoms with Crippen LogP contribution in [0, 0.1) is 12.8 Å². The van der Waals surface area contributed by atoms with E-state index in [2.05, 4.69) is 20.5 Å². The summed E-state index contributed by atoms with van der Waals surface area (Å²) >= 11 is 5.86. The number of nitrogens with zero attached hydrogens (tertiary/aromatic N) is 2. The average molecular weight is 401 g/mol. The fourth-order valence-electron chi connectivity index (χ4n) is 3.19. The quantitative estimate of drug-likeness (QED) is 0.781. The Hall–Kier alpha value is -2.44. The minimum atomic E-state index is -0.0449. The Balaban J connectivity index is 1.38. The first-order valence-electron chi connectivity index (χ1n) is 9.46. The minimum absolute atomic E-state index is 0.00296. The van der Waals surface area contributed by atoms with E-state index in [1.807, 2.05) is 43.3 Å². The molecule has 1 aromatic carbocycles. The summed E-state index contributed by atoms with van der Waals surface area (Å²) in [6.45, 7) is 4.25. The van der Waals surface area contributed by atoms with Crippen LogP contribution < -0.4 is 10.6 Å². The second-order valence-corrected chi connectivity index (χ2v) is 7.60. The third-order valence-corrected chi connectivity index (χ3v) is 5.14. The zero-order chi connectivity index (χ0) is 19.9. The van der Waals surface area contributed by atoms with Gasteiger partial charge in [0.15, 0.2) is 0 Å². The summed E-state index contributed by atoms with van der Waals surface area (Å²) < 4.78 is 0. The largest absolute Gasteiger partial charge is 0.351 e. The van der Waals surface area contributed by atoms with Crippen molar-refractivity contribution in [3.63, 3.8) is 0 Å². The van der Waals surface area contributed by atoms with E-state index in [1.54, 1.807) is 6.20 Å². The van der Waals surface area contributed by atoms with Gasteiger partial charge < -0.3 is 10.6 Å². The van der Waals surface area contributed by atoms with Crippen LogP contribution in [0.3, 0.4) is 0 Å². The Labute approximate surface area is 170 Å². The molecule has 148 valence electrons. The van der Waals surface area contributed by atoms with Crippen LogP contribution in [0.5, 0.6) is 0 Å². The number of carbonyl (C=O) groups is 2. The van der Waals surface area contributed by atoms with Gasteiger partial charge in [-0.1, -0.05) is 29.8 Å². The second kappa shape index (κ2) is 9.66. The second-order valence-electron chi connectivity index (χ2n) is 7.16. The number of hydrogen-bond acceptors (Lipinski definition) is 4. The highest BCUT2D eigenvalue weighted by molar-refractivity contribution is 6.30. The molecule has 6 nitrogen and oxygen atoms in total. The summed E-state index contributed by atoms with van der Waals surface area (Å²) in [6, 6.07) is 11.2. The minimum Gasteiger partial charge on any atom is -0.351 e. The van der Waals surface area contributed by atoms with Crippen molar-refractivity contribution in [2.24, 2.45) is 5.92 Å². The molecule has 28 heavy (non-hydrogen) atoms. The Morgan fingerprint density at radius 1 is 1.14 bits per heavy atom. The number of aromatic nitrogens is 1. The Morgan fingerprint density at radius 2 is 1.86 bits per heavy atom. The Morgan fingerprint density at radius 3 is 2.50 bits per heavy atom. The molecule has 2 amide bonds. The van der Waals surface area contributed by atoms with Crippen molar-refractivity contribution in [1.29, 1.82) is 0 Å². The Bertz CT molecular complexity index is 800. The van der Waals surface area contributed by atoms with E-state index < -0.39 is 0 Å². The van der Waals surface area contributed by atoms with Crippen molar-refractivity contribution in [3.8, 4) is 0 Å². The van der Waals surface area contributed by atoms with Crippen LogP contribution in [0.25, 0.3) is 0 Å². The van der Waals surface area contributed by atoms with Crippen LogP contribution in [0.4, 0.5) is 5.82 Å². The number of aryl methyl sites for hydroxylation is 1. The van der Waals surface area contributed by atoms with E-state index in [9.17, 15) is 9.59 Å². The van der Waals surface area contributed by atoms with E-state index in [0.29, 0.717) is 23.9 Å². The molecule has 0 bridgehead atoms. The normalized spacial score (nSPS) is 15.2. The number of halogens is 1. The SMILES string of the molecule is Cc1ccc(NC(=O)C2CCN(CC(=O)NCc3ccc(Cl)cc3)CC2)nc1. The molecule has 0 atom stereocenters. The fraction of sp³-hybridized carbons (Fsp3) is 0.381. The highest BCUT2D eigenvalue weighted by Crippen LogP contribution is 2.19. The molecule has 1 saturated heterocycles. The zero-order valence-corrected chi connectivity index (χ0v) is 16.7. The lowest BCUT2D eigenvalue weighted by Crippen LogP contribution is -2.43. The first-order chi connectivity index (χ1) is 13.5. The van der Waals surface area contributed by atoms with E-state index in [1.165, 1.54) is 0 Å². The predicted octanol–water partition coefficient (Wildman–Crippen LogP) is 3.01. The van der Waals surface area contributed by atoms with Gasteiger partial charge in [-0.25, -0.2) is 4.98 Å². The maximum absolute atomic E-state index is 12.4. The molecule has 0 spiro atoms. The lowest BCUT2D eigenvalue weighted by atomic mass is 9.96. The van der Waals surface area contributed by atoms with Gasteiger partial charge >= 0.3 is 0 Å². The van der Waals surface area contributed by atoms with Crippen molar-refractivity contribution in [1.82, 2.24) is 15.2 Å². The lowest BCUT2D eigenvalue weighted by molar-refractivity contribution is -0.123. The summed E-state index contributed by atoms with van der Waals surface area (Å²) in [7, 11) is 0. The number of benzene rings is 1. The van der Waals surface area contributed by atoms with Crippen molar-refractivity contribution in [2.45, 2.75) is 26.3 Å². The summed E-state index contributed by atoms with van der Waals surface area (Å²) in [4.78, 5) is 30.9. The first-order valence-corrected chi connectivity index (χ1v) is 9.84. The predicted molar refractivity (Wildman–Crippen MR) is 110 cm³/mol. The number of rotatable bonds is 6. The standard InChI is InChI=1S/C21H25ClN4O2/c1-15-2-7-19(23-12-15)25-21(28)17-8-10-26(11-9-17)14-20(27)24-13-16-3-5-18(22)6-4-16/h2-7,12,17H,8-11,13-14H2,1H3,(H,24,27)(H,23,25,28). The summed E-state index contributed by atoms with van der Waals surface area (Å²) in [5.74, 6) is 0.529. The maximum atomic E-state index is 12.4. The molecular formula is C21H25ClN4O2. The number of hydrogen-bond donors (Lipinski definition) is 2. The van der Waals surface area contributed by atoms with Gasteiger partial charge in [-0.3, -0.25) is 14.5 Å². The number of nitrogens with one attached hydrogen (secondary N) is 2. The molecule has 2 heterocycles. The van der Waals surface area contributed by atoms with Crippen LogP contribution in [-0.4, -0.2) is 41.3 Å². The highest BCUT2D eigenvalue weighted by Gasteiger charge is 2.26. The number of amides is 2. The summed E-state index contributed by atoms with van der Waals surface area (Å²) in [5.41, 5.74) is 2.07. The van der Waals surface area contributed by atoms with Crippen molar-refractivity contribution >= 4 is 29.2 Å². The van der Waals surface area contributed by atoms with E-state index in [-0.39, 0.29) is 17.7 Å². The molecule has 3 rings (SSSR count). The van der Waals surface area contributed by atoms with E-state index in [4.69, 9.17) is 11.6 Å². The molecule has 0 saturated carbocycles. The van der Waals surface area contributed by atoms with Crippen LogP contribution in [0.2, 0.25) is 5.02 Å². The van der Waals surface area contributed by atoms with Gasteiger partial charge in [-0.15, -0.1) is 0 Å². The summed E-state index contributed by atoms with van der Waals surface area (Å²) in [5, 5.41) is 6.49. The number of pyridine rings is 1. The molecule has 1 aromatic heterocycles. The van der Waals surface area contributed by atoms with Gasteiger partial charge in [0.25, 0.3) is 0 Å². The van der Waals surface area contributed by atoms with E-state index in [0.717, 1.165) is 37.1 Å². The third-order valence-electron chi connectivity index (χ3n) is 4.89. The number of anilines is 1. The van der Waals surface area contributed by atoms with Crippen LogP contribution in [-0.2, 0) is 16.1 Å². The highest BCUT2D eigenvalue weighted by atomic mass is 35.5. The van der Waals surface area contributed by atoms with Crippen molar-refractivity contribution in [2.75, 3.05) is 25.0 Å². The molecule has 0 aliphatic carbocycles. The molecular weight excluding hydrogens is 376 g/mol. The lowest BCUT2D eigenvalue weighted by Gasteiger charge is -2.30. The maximum Gasteiger partial charge on any atom is 0.234 e. The molecule has 1 aliphatic rings. The smallest absolute Gasteiger partial charge is 0.234 e. The van der Waals surface area contributed by atoms with Gasteiger partial charge in [0, 0.05) is 23.7 Å². The molecule has 2 aromatic rings. The van der Waals surface area contributed by atoms with Gasteiger partial charge in [0.2, 0.25) is 11.8 Å². The average Bonchev–Trinajstić information content (AvgIpc) is 2.70. The molecule has 0 radical (unpaired) electrons. The fourth-order valence-corrected chi connectivity index (χ4v) is 3.31. The molecule has 2 N–H and O–H groups in total. The molecule has 1 fully saturated rings. The van der Waals surface area contributed by atoms with Crippen LogP contribution in [0.1, 0.15) is 24.0 Å². The summed E-state index contributed by atoms with van der Waals surface area (Å²) in [6.07, 6.45) is 3.21. The zero-order valence-electron chi connectivity index (χ0n) is 16.0. The monoisotopic (exact) mass is 400 g/mol. The van der Waals surface area contributed by atoms with Crippen molar-refractivity contribution < 1.29 is 9.59 Å². The molecule has 7 heteroatoms.